The average Bonchev–Trinajstić information content (AvgIpc) is 3.13. The SMILES string of the molecule is CCCOc1nc(Oc2ccc(C)cc2F)nc2oc(-c3cccc(C)c3)nc12. The molecule has 0 amide bonds. The van der Waals surface area contributed by atoms with Gasteiger partial charge in [-0.1, -0.05) is 30.7 Å². The predicted octanol–water partition coefficient (Wildman–Crippen LogP) is 5.62. The molecule has 0 atom stereocenters. The monoisotopic (exact) mass is 393 g/mol. The number of fused-ring (bicyclic) bond motifs is 1. The molecule has 29 heavy (non-hydrogen) atoms. The second-order valence-electron chi connectivity index (χ2n) is 6.74. The lowest BCUT2D eigenvalue weighted by Crippen LogP contribution is -2.01. The van der Waals surface area contributed by atoms with Crippen molar-refractivity contribution in [1.82, 2.24) is 15.0 Å². The highest BCUT2D eigenvalue weighted by molar-refractivity contribution is 5.78. The molecule has 0 fully saturated rings. The highest BCUT2D eigenvalue weighted by Gasteiger charge is 2.19. The lowest BCUT2D eigenvalue weighted by molar-refractivity contribution is 0.301. The van der Waals surface area contributed by atoms with Crippen LogP contribution in [0, 0.1) is 19.7 Å². The fraction of sp³-hybridized carbons (Fsp3) is 0.227. The van der Waals surface area contributed by atoms with Gasteiger partial charge in [0.25, 0.3) is 11.6 Å². The molecule has 0 saturated carbocycles. The van der Waals surface area contributed by atoms with Gasteiger partial charge in [-0.05, 0) is 50.1 Å². The van der Waals surface area contributed by atoms with E-state index in [9.17, 15) is 4.39 Å². The van der Waals surface area contributed by atoms with Crippen molar-refractivity contribution in [2.75, 3.05) is 6.61 Å². The van der Waals surface area contributed by atoms with Crippen molar-refractivity contribution in [1.29, 1.82) is 0 Å². The maximum Gasteiger partial charge on any atom is 0.328 e. The van der Waals surface area contributed by atoms with Gasteiger partial charge in [0, 0.05) is 5.56 Å². The van der Waals surface area contributed by atoms with E-state index in [2.05, 4.69) is 15.0 Å². The van der Waals surface area contributed by atoms with Gasteiger partial charge in [-0.3, -0.25) is 0 Å². The maximum absolute atomic E-state index is 14.2. The van der Waals surface area contributed by atoms with Gasteiger partial charge in [0.15, 0.2) is 17.1 Å². The number of benzene rings is 2. The van der Waals surface area contributed by atoms with Gasteiger partial charge in [0.05, 0.1) is 6.61 Å². The Morgan fingerprint density at radius 2 is 1.83 bits per heavy atom. The lowest BCUT2D eigenvalue weighted by atomic mass is 10.1. The predicted molar refractivity (Wildman–Crippen MR) is 107 cm³/mol. The topological polar surface area (TPSA) is 70.3 Å². The van der Waals surface area contributed by atoms with Crippen LogP contribution in [-0.4, -0.2) is 21.6 Å². The molecule has 6 nitrogen and oxygen atoms in total. The second-order valence-corrected chi connectivity index (χ2v) is 6.74. The van der Waals surface area contributed by atoms with Crippen LogP contribution < -0.4 is 9.47 Å². The number of nitrogens with zero attached hydrogens (tertiary/aromatic N) is 3. The minimum atomic E-state index is -0.497. The summed E-state index contributed by atoms with van der Waals surface area (Å²) in [5.41, 5.74) is 3.29. The van der Waals surface area contributed by atoms with Gasteiger partial charge >= 0.3 is 6.01 Å². The first-order valence-electron chi connectivity index (χ1n) is 9.36. The molecule has 148 valence electrons. The molecule has 0 saturated heterocycles. The lowest BCUT2D eigenvalue weighted by Gasteiger charge is -2.08. The van der Waals surface area contributed by atoms with Crippen molar-refractivity contribution in [3.05, 3.63) is 59.4 Å². The van der Waals surface area contributed by atoms with E-state index in [1.807, 2.05) is 38.1 Å². The van der Waals surface area contributed by atoms with Crippen molar-refractivity contribution in [2.24, 2.45) is 0 Å². The largest absolute Gasteiger partial charge is 0.476 e. The van der Waals surface area contributed by atoms with E-state index >= 15 is 0 Å². The van der Waals surface area contributed by atoms with Crippen LogP contribution in [0.3, 0.4) is 0 Å². The summed E-state index contributed by atoms with van der Waals surface area (Å²) in [4.78, 5) is 13.0. The molecule has 4 aromatic rings. The molecule has 0 aliphatic heterocycles. The first-order chi connectivity index (χ1) is 14.0. The minimum Gasteiger partial charge on any atom is -0.476 e. The van der Waals surface area contributed by atoms with Gasteiger partial charge in [-0.2, -0.15) is 9.97 Å². The van der Waals surface area contributed by atoms with E-state index in [1.54, 1.807) is 13.0 Å². The zero-order valence-corrected chi connectivity index (χ0v) is 16.4. The molecule has 2 aromatic heterocycles. The number of ether oxygens (including phenoxy) is 2. The summed E-state index contributed by atoms with van der Waals surface area (Å²) in [7, 11) is 0. The minimum absolute atomic E-state index is 0.0230. The van der Waals surface area contributed by atoms with E-state index in [4.69, 9.17) is 13.9 Å². The Hall–Kier alpha value is -3.48. The summed E-state index contributed by atoms with van der Waals surface area (Å²) in [6, 6.07) is 12.4. The zero-order valence-electron chi connectivity index (χ0n) is 16.4. The Morgan fingerprint density at radius 3 is 2.59 bits per heavy atom. The smallest absolute Gasteiger partial charge is 0.328 e. The normalized spacial score (nSPS) is 11.0. The Kier molecular flexibility index (Phi) is 5.12. The van der Waals surface area contributed by atoms with Gasteiger partial charge in [0.1, 0.15) is 0 Å². The summed E-state index contributed by atoms with van der Waals surface area (Å²) < 4.78 is 31.3. The molecule has 2 aromatic carbocycles. The highest BCUT2D eigenvalue weighted by atomic mass is 19.1. The van der Waals surface area contributed by atoms with E-state index in [0.717, 1.165) is 23.1 Å². The van der Waals surface area contributed by atoms with Crippen molar-refractivity contribution in [3.63, 3.8) is 0 Å². The van der Waals surface area contributed by atoms with Crippen LogP contribution in [0.2, 0.25) is 0 Å². The standard InChI is InChI=1S/C22H20FN3O3/c1-4-10-27-20-18-21(29-19(24-18)15-7-5-6-13(2)11-15)26-22(25-20)28-17-9-8-14(3)12-16(17)23/h5-9,11-12H,4,10H2,1-3H3. The van der Waals surface area contributed by atoms with Gasteiger partial charge in [-0.15, -0.1) is 0 Å². The Balaban J connectivity index is 1.77. The molecule has 0 bridgehead atoms. The van der Waals surface area contributed by atoms with Gasteiger partial charge < -0.3 is 13.9 Å². The molecule has 0 radical (unpaired) electrons. The third kappa shape index (κ3) is 4.03. The molecule has 0 N–H and O–H groups in total. The number of halogens is 1. The van der Waals surface area contributed by atoms with Crippen LogP contribution in [0.1, 0.15) is 24.5 Å². The zero-order chi connectivity index (χ0) is 20.4. The van der Waals surface area contributed by atoms with Gasteiger partial charge in [0.2, 0.25) is 5.89 Å². The Labute approximate surface area is 167 Å². The number of aryl methyl sites for hydroxylation is 2. The van der Waals surface area contributed by atoms with Gasteiger partial charge in [-0.25, -0.2) is 9.37 Å². The van der Waals surface area contributed by atoms with E-state index in [1.165, 1.54) is 12.1 Å². The van der Waals surface area contributed by atoms with E-state index in [-0.39, 0.29) is 23.4 Å². The molecular formula is C22H20FN3O3. The van der Waals surface area contributed by atoms with E-state index in [0.29, 0.717) is 18.0 Å². The summed E-state index contributed by atoms with van der Waals surface area (Å²) >= 11 is 0. The maximum atomic E-state index is 14.2. The van der Waals surface area contributed by atoms with E-state index < -0.39 is 5.82 Å². The first kappa shape index (κ1) is 18.9. The van der Waals surface area contributed by atoms with Crippen LogP contribution >= 0.6 is 0 Å². The third-order valence-corrected chi connectivity index (χ3v) is 4.20. The number of rotatable bonds is 6. The molecule has 0 aliphatic rings. The molecule has 7 heteroatoms. The van der Waals surface area contributed by atoms with Crippen LogP contribution in [-0.2, 0) is 0 Å². The average molecular weight is 393 g/mol. The highest BCUT2D eigenvalue weighted by Crippen LogP contribution is 2.32. The van der Waals surface area contributed by atoms with Crippen LogP contribution in [0.4, 0.5) is 4.39 Å². The number of hydrogen-bond donors (Lipinski definition) is 0. The summed E-state index contributed by atoms with van der Waals surface area (Å²) in [5, 5.41) is 0. The summed E-state index contributed by atoms with van der Waals surface area (Å²) in [6.07, 6.45) is 0.789. The van der Waals surface area contributed by atoms with Crippen molar-refractivity contribution < 1.29 is 18.3 Å². The molecule has 4 rings (SSSR count). The summed E-state index contributed by atoms with van der Waals surface area (Å²) in [6.45, 7) is 6.22. The van der Waals surface area contributed by atoms with Crippen molar-refractivity contribution >= 4 is 11.2 Å². The van der Waals surface area contributed by atoms with Crippen molar-refractivity contribution in [3.8, 4) is 29.1 Å². The number of oxazole rings is 1. The fourth-order valence-electron chi connectivity index (χ4n) is 2.81. The van der Waals surface area contributed by atoms with Crippen LogP contribution in [0.15, 0.2) is 46.9 Å². The first-order valence-corrected chi connectivity index (χ1v) is 9.36. The molecule has 0 unspecified atom stereocenters. The van der Waals surface area contributed by atoms with Crippen LogP contribution in [0.5, 0.6) is 17.6 Å². The third-order valence-electron chi connectivity index (χ3n) is 4.20. The Morgan fingerprint density at radius 1 is 1.00 bits per heavy atom. The molecule has 0 spiro atoms. The molecule has 2 heterocycles. The number of hydrogen-bond acceptors (Lipinski definition) is 6. The number of aromatic nitrogens is 3. The van der Waals surface area contributed by atoms with Crippen LogP contribution in [0.25, 0.3) is 22.7 Å². The quantitative estimate of drug-likeness (QED) is 0.423. The fourth-order valence-corrected chi connectivity index (χ4v) is 2.81. The summed E-state index contributed by atoms with van der Waals surface area (Å²) in [5.74, 6) is 0.164. The molecule has 0 aliphatic carbocycles. The Bertz CT molecular complexity index is 1170. The van der Waals surface area contributed by atoms with Crippen molar-refractivity contribution in [2.45, 2.75) is 27.2 Å². The molecular weight excluding hydrogens is 373 g/mol. The second kappa shape index (κ2) is 7.87.